The van der Waals surface area contributed by atoms with E-state index < -0.39 is 6.10 Å². The van der Waals surface area contributed by atoms with E-state index in [9.17, 15) is 14.7 Å². The molecule has 0 aromatic heterocycles. The van der Waals surface area contributed by atoms with Crippen LogP contribution in [0.15, 0.2) is 109 Å². The first kappa shape index (κ1) is 80.6. The quantitative estimate of drug-likeness (QED) is 0.0373. The zero-order valence-corrected chi connectivity index (χ0v) is 55.6. The molecule has 0 heterocycles. The molecule has 0 saturated heterocycles. The molecule has 0 aliphatic rings. The minimum absolute atomic E-state index is 0.0793. The van der Waals surface area contributed by atoms with E-state index in [-0.39, 0.29) is 25.2 Å². The summed E-state index contributed by atoms with van der Waals surface area (Å²) < 4.78 is 10.7. The van der Waals surface area contributed by atoms with Crippen molar-refractivity contribution in [1.82, 2.24) is 0 Å². The molecule has 5 nitrogen and oxygen atoms in total. The van der Waals surface area contributed by atoms with Gasteiger partial charge in [0.15, 0.2) is 6.10 Å². The van der Waals surface area contributed by atoms with Gasteiger partial charge in [-0.2, -0.15) is 0 Å². The third kappa shape index (κ3) is 71.0. The van der Waals surface area contributed by atoms with Gasteiger partial charge in [-0.05, 0) is 103 Å². The van der Waals surface area contributed by atoms with Crippen molar-refractivity contribution in [3.63, 3.8) is 0 Å². The summed E-state index contributed by atoms with van der Waals surface area (Å²) >= 11 is 0. The van der Waals surface area contributed by atoms with Crippen LogP contribution in [0, 0.1) is 0 Å². The topological polar surface area (TPSA) is 72.8 Å². The summed E-state index contributed by atoms with van der Waals surface area (Å²) in [5.74, 6) is -0.612. The molecule has 0 amide bonds. The van der Waals surface area contributed by atoms with Gasteiger partial charge in [-0.3, -0.25) is 9.59 Å². The maximum absolute atomic E-state index is 12.3. The molecule has 484 valence electrons. The Hall–Kier alpha value is -3.44. The first-order valence-corrected chi connectivity index (χ1v) is 36.4. The Morgan fingerprint density at radius 2 is 0.512 bits per heavy atom. The lowest BCUT2D eigenvalue weighted by atomic mass is 10.0. The minimum Gasteiger partial charge on any atom is -0.462 e. The Morgan fingerprint density at radius 3 is 0.786 bits per heavy atom. The first-order valence-electron chi connectivity index (χ1n) is 36.4. The van der Waals surface area contributed by atoms with Gasteiger partial charge in [0.1, 0.15) is 6.61 Å². The summed E-state index contributed by atoms with van der Waals surface area (Å²) in [5, 5.41) is 9.70. The van der Waals surface area contributed by atoms with Crippen LogP contribution in [0.4, 0.5) is 0 Å². The Bertz CT molecular complexity index is 1610. The van der Waals surface area contributed by atoms with Gasteiger partial charge in [0.05, 0.1) is 6.61 Å². The molecule has 0 aromatic carbocycles. The van der Waals surface area contributed by atoms with Crippen LogP contribution >= 0.6 is 0 Å². The van der Waals surface area contributed by atoms with Gasteiger partial charge in [0.2, 0.25) is 0 Å². The van der Waals surface area contributed by atoms with Crippen LogP contribution in [-0.2, 0) is 19.1 Å². The van der Waals surface area contributed by atoms with Crippen LogP contribution < -0.4 is 0 Å². The molecule has 84 heavy (non-hydrogen) atoms. The van der Waals surface area contributed by atoms with E-state index in [1.54, 1.807) is 0 Å². The molecule has 0 aromatic rings. The number of aliphatic hydroxyl groups excluding tert-OH is 1. The van der Waals surface area contributed by atoms with Crippen LogP contribution in [0.5, 0.6) is 0 Å². The van der Waals surface area contributed by atoms with E-state index in [2.05, 4.69) is 123 Å². The molecular formula is C79H138O5. The van der Waals surface area contributed by atoms with Gasteiger partial charge in [-0.25, -0.2) is 0 Å². The molecule has 0 bridgehead atoms. The van der Waals surface area contributed by atoms with Crippen LogP contribution in [0.3, 0.4) is 0 Å². The highest BCUT2D eigenvalue weighted by Gasteiger charge is 2.16. The Labute approximate surface area is 522 Å². The average molecular weight is 1170 g/mol. The number of allylic oxidation sites excluding steroid dienone is 18. The van der Waals surface area contributed by atoms with Crippen molar-refractivity contribution >= 4 is 11.9 Å². The highest BCUT2D eigenvalue weighted by molar-refractivity contribution is 5.70. The molecule has 0 rings (SSSR count). The molecular weight excluding hydrogens is 1030 g/mol. The zero-order chi connectivity index (χ0) is 60.5. The monoisotopic (exact) mass is 1170 g/mol. The lowest BCUT2D eigenvalue weighted by Crippen LogP contribution is -2.28. The summed E-state index contributed by atoms with van der Waals surface area (Å²) in [6.07, 6.45) is 107. The first-order chi connectivity index (χ1) is 41.6. The lowest BCUT2D eigenvalue weighted by molar-refractivity contribution is -0.161. The number of rotatable bonds is 67. The van der Waals surface area contributed by atoms with Gasteiger partial charge in [0.25, 0.3) is 0 Å². The number of carbonyl (C=O) groups is 2. The smallest absolute Gasteiger partial charge is 0.306 e. The van der Waals surface area contributed by atoms with Crippen molar-refractivity contribution in [2.24, 2.45) is 0 Å². The van der Waals surface area contributed by atoms with Gasteiger partial charge in [-0.15, -0.1) is 0 Å². The van der Waals surface area contributed by atoms with Crippen molar-refractivity contribution in [3.8, 4) is 0 Å². The number of ether oxygens (including phenoxy) is 2. The van der Waals surface area contributed by atoms with Gasteiger partial charge in [0, 0.05) is 12.8 Å². The summed E-state index contributed by atoms with van der Waals surface area (Å²) in [7, 11) is 0. The second kappa shape index (κ2) is 73.8. The number of carbonyl (C=O) groups excluding carboxylic acids is 2. The van der Waals surface area contributed by atoms with Crippen molar-refractivity contribution in [2.45, 2.75) is 367 Å². The van der Waals surface area contributed by atoms with Gasteiger partial charge in [-0.1, -0.05) is 354 Å². The SMILES string of the molecule is CC/C=C\C/C=C\C/C=C\C/C=C\C/C=C\C/C=C\C/C=C\C/C=C\CCCCCCC(=O)OC(CO)COC(=O)CCCCCCCCCCCCCCCCCCCCCCCCCCCCCCC/C=C\CCCCCCCCCC. The Kier molecular flexibility index (Phi) is 70.8. The highest BCUT2D eigenvalue weighted by Crippen LogP contribution is 2.18. The largest absolute Gasteiger partial charge is 0.462 e. The summed E-state index contributed by atoms with van der Waals surface area (Å²) in [4.78, 5) is 24.6. The van der Waals surface area contributed by atoms with Crippen molar-refractivity contribution in [2.75, 3.05) is 13.2 Å². The zero-order valence-electron chi connectivity index (χ0n) is 55.6. The molecule has 1 N–H and O–H groups in total. The minimum atomic E-state index is -0.794. The van der Waals surface area contributed by atoms with Crippen LogP contribution in [0.25, 0.3) is 0 Å². The number of hydrogen-bond acceptors (Lipinski definition) is 5. The molecule has 0 fully saturated rings. The third-order valence-electron chi connectivity index (χ3n) is 16.1. The predicted molar refractivity (Wildman–Crippen MR) is 371 cm³/mol. The molecule has 0 aliphatic heterocycles. The third-order valence-corrected chi connectivity index (χ3v) is 16.1. The Morgan fingerprint density at radius 1 is 0.286 bits per heavy atom. The predicted octanol–water partition coefficient (Wildman–Crippen LogP) is 25.5. The summed E-state index contributed by atoms with van der Waals surface area (Å²) in [6, 6.07) is 0. The number of esters is 2. The van der Waals surface area contributed by atoms with E-state index in [0.717, 1.165) is 103 Å². The maximum Gasteiger partial charge on any atom is 0.306 e. The lowest BCUT2D eigenvalue weighted by Gasteiger charge is -2.15. The maximum atomic E-state index is 12.3. The van der Waals surface area contributed by atoms with E-state index >= 15 is 0 Å². The molecule has 5 heteroatoms. The van der Waals surface area contributed by atoms with Crippen molar-refractivity contribution < 1.29 is 24.2 Å². The van der Waals surface area contributed by atoms with E-state index in [1.807, 2.05) is 0 Å². The van der Waals surface area contributed by atoms with Crippen LogP contribution in [0.2, 0.25) is 0 Å². The van der Waals surface area contributed by atoms with Gasteiger partial charge < -0.3 is 14.6 Å². The molecule has 0 saturated carbocycles. The summed E-state index contributed by atoms with van der Waals surface area (Å²) in [5.41, 5.74) is 0. The molecule has 0 radical (unpaired) electrons. The highest BCUT2D eigenvalue weighted by atomic mass is 16.6. The molecule has 0 aliphatic carbocycles. The number of hydrogen-bond donors (Lipinski definition) is 1. The molecule has 0 spiro atoms. The van der Waals surface area contributed by atoms with Crippen LogP contribution in [0.1, 0.15) is 361 Å². The molecule has 1 atom stereocenters. The van der Waals surface area contributed by atoms with Crippen LogP contribution in [-0.4, -0.2) is 36.4 Å². The second-order valence-corrected chi connectivity index (χ2v) is 24.3. The summed E-state index contributed by atoms with van der Waals surface area (Å²) in [6.45, 7) is 4.04. The Balaban J connectivity index is 3.46. The standard InChI is InChI=1S/C79H138O5/c1-3-5-7-9-11-13-15-17-19-21-23-25-27-29-31-33-34-35-36-37-38-39-40-41-42-43-44-46-47-49-51-53-55-57-59-61-63-65-67-69-71-73-78(81)83-76-77(75-80)84-79(82)74-72-70-68-66-64-62-60-58-56-54-52-50-48-45-32-30-28-26-24-22-20-18-16-14-12-10-8-6-4-2/h6,8,12,14,18,20-21,23-24,26,30,32,48,50,54,56,60,62,77,80H,3-5,7,9-11,13,15-17,19,22,25,27-29,31,33-47,49,51-53,55,57-59,61,63-76H2,1-2H3/b8-6-,14-12-,20-18-,23-21-,26-24-,32-30-,50-48-,56-54-,62-60-. The van der Waals surface area contributed by atoms with E-state index in [1.165, 1.54) is 231 Å². The normalized spacial score (nSPS) is 12.8. The fourth-order valence-corrected chi connectivity index (χ4v) is 10.6. The van der Waals surface area contributed by atoms with E-state index in [0.29, 0.717) is 12.8 Å². The average Bonchev–Trinajstić information content (AvgIpc) is 3.51. The van der Waals surface area contributed by atoms with E-state index in [4.69, 9.17) is 9.47 Å². The van der Waals surface area contributed by atoms with Crippen molar-refractivity contribution in [1.29, 1.82) is 0 Å². The fourth-order valence-electron chi connectivity index (χ4n) is 10.6. The number of aliphatic hydroxyl groups is 1. The molecule has 1 unspecified atom stereocenters. The van der Waals surface area contributed by atoms with Gasteiger partial charge >= 0.3 is 11.9 Å². The fraction of sp³-hybridized carbons (Fsp3) is 0.747. The number of unbranched alkanes of at least 4 members (excludes halogenated alkanes) is 41. The van der Waals surface area contributed by atoms with Crippen molar-refractivity contribution in [3.05, 3.63) is 109 Å². The second-order valence-electron chi connectivity index (χ2n) is 24.3.